The van der Waals surface area contributed by atoms with Gasteiger partial charge in [-0.3, -0.25) is 0 Å². The summed E-state index contributed by atoms with van der Waals surface area (Å²) < 4.78 is 6.12. The molecule has 0 aliphatic heterocycles. The monoisotopic (exact) mass is 245 g/mol. The van der Waals surface area contributed by atoms with Crippen LogP contribution in [-0.2, 0) is 6.54 Å². The van der Waals surface area contributed by atoms with Crippen LogP contribution in [0.15, 0.2) is 16.6 Å². The van der Waals surface area contributed by atoms with Crippen molar-refractivity contribution in [2.24, 2.45) is 0 Å². The summed E-state index contributed by atoms with van der Waals surface area (Å²) in [6.45, 7) is 2.37. The minimum absolute atomic E-state index is 0.400. The van der Waals surface area contributed by atoms with E-state index >= 15 is 0 Å². The summed E-state index contributed by atoms with van der Waals surface area (Å²) in [6.07, 6.45) is 0. The highest BCUT2D eigenvalue weighted by Crippen LogP contribution is 2.26. The van der Waals surface area contributed by atoms with E-state index in [0.717, 1.165) is 21.3 Å². The third kappa shape index (κ3) is 2.43. The fraction of sp³-hybridized carbons (Fsp3) is 0.333. The number of rotatable bonds is 3. The van der Waals surface area contributed by atoms with Crippen LogP contribution in [0.3, 0.4) is 0 Å². The van der Waals surface area contributed by atoms with E-state index in [1.807, 2.05) is 19.1 Å². The van der Waals surface area contributed by atoms with Crippen LogP contribution < -0.4 is 10.2 Å². The van der Waals surface area contributed by atoms with Gasteiger partial charge < -0.3 is 9.94 Å². The Balaban J connectivity index is 3.06. The smallest absolute Gasteiger partial charge is 0.122 e. The molecule has 0 saturated heterocycles. The predicted molar refractivity (Wildman–Crippen MR) is 54.1 cm³/mol. The maximum absolute atomic E-state index is 8.57. The highest BCUT2D eigenvalue weighted by Gasteiger charge is 2.04. The quantitative estimate of drug-likeness (QED) is 0.803. The first-order valence-corrected chi connectivity index (χ1v) is 4.68. The predicted octanol–water partition coefficient (Wildman–Crippen LogP) is 2.24. The number of methoxy groups -OCH3 is 1. The average Bonchev–Trinajstić information content (AvgIpc) is 2.10. The normalized spacial score (nSPS) is 10.2. The highest BCUT2D eigenvalue weighted by molar-refractivity contribution is 9.10. The second-order valence-electron chi connectivity index (χ2n) is 2.75. The Kier molecular flexibility index (Phi) is 3.71. The molecule has 0 heterocycles. The van der Waals surface area contributed by atoms with Crippen molar-refractivity contribution >= 4 is 15.9 Å². The lowest BCUT2D eigenvalue weighted by Crippen LogP contribution is -2.07. The van der Waals surface area contributed by atoms with Crippen molar-refractivity contribution in [1.29, 1.82) is 0 Å². The van der Waals surface area contributed by atoms with Crippen molar-refractivity contribution in [2.45, 2.75) is 13.5 Å². The summed E-state index contributed by atoms with van der Waals surface area (Å²) >= 11 is 3.40. The minimum atomic E-state index is 0.400. The molecule has 2 N–H and O–H groups in total. The maximum atomic E-state index is 8.57. The van der Waals surface area contributed by atoms with Crippen LogP contribution in [0, 0.1) is 6.92 Å². The van der Waals surface area contributed by atoms with Crippen LogP contribution >= 0.6 is 15.9 Å². The van der Waals surface area contributed by atoms with E-state index < -0.39 is 0 Å². The van der Waals surface area contributed by atoms with E-state index in [1.165, 1.54) is 0 Å². The summed E-state index contributed by atoms with van der Waals surface area (Å²) in [6, 6.07) is 3.86. The first-order valence-electron chi connectivity index (χ1n) is 3.89. The van der Waals surface area contributed by atoms with Crippen molar-refractivity contribution in [3.63, 3.8) is 0 Å². The SMILES string of the molecule is COc1cc(CNO)c(Br)cc1C. The molecule has 0 radical (unpaired) electrons. The van der Waals surface area contributed by atoms with Crippen molar-refractivity contribution in [3.8, 4) is 5.75 Å². The van der Waals surface area contributed by atoms with Crippen LogP contribution in [0.2, 0.25) is 0 Å². The van der Waals surface area contributed by atoms with Gasteiger partial charge in [0.05, 0.1) is 7.11 Å². The zero-order chi connectivity index (χ0) is 9.84. The third-order valence-corrected chi connectivity index (χ3v) is 2.57. The molecule has 1 aromatic rings. The lowest BCUT2D eigenvalue weighted by Gasteiger charge is -2.09. The standard InChI is InChI=1S/C9H12BrNO2/c1-6-3-8(10)7(5-11-12)4-9(6)13-2/h3-4,11-12H,5H2,1-2H3. The number of nitrogens with one attached hydrogen (secondary N) is 1. The van der Waals surface area contributed by atoms with Crippen LogP contribution in [-0.4, -0.2) is 12.3 Å². The van der Waals surface area contributed by atoms with Gasteiger partial charge >= 0.3 is 0 Å². The molecule has 0 aromatic heterocycles. The van der Waals surface area contributed by atoms with Crippen molar-refractivity contribution in [3.05, 3.63) is 27.7 Å². The van der Waals surface area contributed by atoms with E-state index in [4.69, 9.17) is 9.94 Å². The van der Waals surface area contributed by atoms with Crippen LogP contribution in [0.1, 0.15) is 11.1 Å². The van der Waals surface area contributed by atoms with Gasteiger partial charge in [0.15, 0.2) is 0 Å². The molecule has 0 bridgehead atoms. The Morgan fingerprint density at radius 2 is 2.23 bits per heavy atom. The second-order valence-corrected chi connectivity index (χ2v) is 3.60. The first kappa shape index (κ1) is 10.5. The van der Waals surface area contributed by atoms with Gasteiger partial charge in [-0.1, -0.05) is 15.9 Å². The van der Waals surface area contributed by atoms with Gasteiger partial charge in [0.2, 0.25) is 0 Å². The molecule has 1 aromatic carbocycles. The summed E-state index contributed by atoms with van der Waals surface area (Å²) in [7, 11) is 1.63. The minimum Gasteiger partial charge on any atom is -0.496 e. The molecule has 0 fully saturated rings. The van der Waals surface area contributed by atoms with E-state index in [0.29, 0.717) is 6.54 Å². The molecule has 13 heavy (non-hydrogen) atoms. The van der Waals surface area contributed by atoms with Gasteiger partial charge in [0, 0.05) is 11.0 Å². The zero-order valence-corrected chi connectivity index (χ0v) is 9.18. The molecular weight excluding hydrogens is 234 g/mol. The van der Waals surface area contributed by atoms with Gasteiger partial charge in [0.1, 0.15) is 5.75 Å². The fourth-order valence-corrected chi connectivity index (χ4v) is 1.73. The van der Waals surface area contributed by atoms with Crippen molar-refractivity contribution in [2.75, 3.05) is 7.11 Å². The molecule has 72 valence electrons. The maximum Gasteiger partial charge on any atom is 0.122 e. The number of hydrogen-bond acceptors (Lipinski definition) is 3. The topological polar surface area (TPSA) is 41.5 Å². The molecular formula is C9H12BrNO2. The zero-order valence-electron chi connectivity index (χ0n) is 7.60. The molecule has 0 spiro atoms. The molecule has 0 saturated carbocycles. The number of hydroxylamine groups is 1. The Hall–Kier alpha value is -0.580. The third-order valence-electron chi connectivity index (χ3n) is 1.83. The summed E-state index contributed by atoms with van der Waals surface area (Å²) in [5.74, 6) is 0.827. The largest absolute Gasteiger partial charge is 0.496 e. The van der Waals surface area contributed by atoms with Gasteiger partial charge in [0.25, 0.3) is 0 Å². The highest BCUT2D eigenvalue weighted by atomic mass is 79.9. The molecule has 0 aliphatic rings. The summed E-state index contributed by atoms with van der Waals surface area (Å²) in [5, 5.41) is 8.57. The van der Waals surface area contributed by atoms with E-state index in [-0.39, 0.29) is 0 Å². The number of ether oxygens (including phenoxy) is 1. The van der Waals surface area contributed by atoms with Crippen molar-refractivity contribution < 1.29 is 9.94 Å². The van der Waals surface area contributed by atoms with Gasteiger partial charge in [-0.05, 0) is 30.2 Å². The lowest BCUT2D eigenvalue weighted by atomic mass is 10.1. The number of benzene rings is 1. The lowest BCUT2D eigenvalue weighted by molar-refractivity contribution is 0.161. The van der Waals surface area contributed by atoms with E-state index in [9.17, 15) is 0 Å². The van der Waals surface area contributed by atoms with E-state index in [2.05, 4.69) is 21.4 Å². The first-order chi connectivity index (χ1) is 6.19. The molecule has 0 unspecified atom stereocenters. The summed E-state index contributed by atoms with van der Waals surface area (Å²) in [5.41, 5.74) is 4.14. The van der Waals surface area contributed by atoms with Gasteiger partial charge in [-0.25, -0.2) is 5.48 Å². The van der Waals surface area contributed by atoms with Crippen LogP contribution in [0.25, 0.3) is 0 Å². The van der Waals surface area contributed by atoms with E-state index in [1.54, 1.807) is 7.11 Å². The Morgan fingerprint density at radius 1 is 1.54 bits per heavy atom. The molecule has 0 aliphatic carbocycles. The fourth-order valence-electron chi connectivity index (χ4n) is 1.14. The van der Waals surface area contributed by atoms with Crippen LogP contribution in [0.4, 0.5) is 0 Å². The number of halogens is 1. The Labute approximate surface area is 85.8 Å². The van der Waals surface area contributed by atoms with Gasteiger partial charge in [-0.2, -0.15) is 0 Å². The number of hydrogen-bond donors (Lipinski definition) is 2. The van der Waals surface area contributed by atoms with Crippen molar-refractivity contribution in [1.82, 2.24) is 5.48 Å². The summed E-state index contributed by atoms with van der Waals surface area (Å²) in [4.78, 5) is 0. The molecule has 3 nitrogen and oxygen atoms in total. The van der Waals surface area contributed by atoms with Crippen LogP contribution in [0.5, 0.6) is 5.75 Å². The Morgan fingerprint density at radius 3 is 2.77 bits per heavy atom. The Bertz CT molecular complexity index is 302. The van der Waals surface area contributed by atoms with Gasteiger partial charge in [-0.15, -0.1) is 0 Å². The molecule has 1 rings (SSSR count). The number of aryl methyl sites for hydroxylation is 1. The molecule has 0 amide bonds. The molecule has 4 heteroatoms. The second kappa shape index (κ2) is 4.60. The average molecular weight is 246 g/mol. The molecule has 0 atom stereocenters.